The molecule has 0 aliphatic rings. The molecule has 0 saturated carbocycles. The number of halogens is 1. The van der Waals surface area contributed by atoms with Gasteiger partial charge in [0.1, 0.15) is 17.4 Å². The maximum atomic E-state index is 12.3. The van der Waals surface area contributed by atoms with Crippen molar-refractivity contribution in [1.82, 2.24) is 30.5 Å². The van der Waals surface area contributed by atoms with Gasteiger partial charge in [0, 0.05) is 5.02 Å². The number of benzene rings is 1. The number of nitrogen functional groups attached to an aromatic ring is 1. The number of carbonyl (C=O) groups is 2. The molecule has 13 heteroatoms. The number of aromatic amines is 1. The minimum absolute atomic E-state index is 0.00627. The SMILES string of the molecule is NC(=O)c1cnc(N)c(C(=O)NCc2nc(/C=C\C(N)=Nc3cccc(Cl)c3)n[nH]2)n1. The summed E-state index contributed by atoms with van der Waals surface area (Å²) < 4.78 is 0. The molecule has 2 heterocycles. The number of H-pyrrole nitrogens is 1. The number of hydrogen-bond donors (Lipinski definition) is 5. The molecule has 158 valence electrons. The van der Waals surface area contributed by atoms with Gasteiger partial charge in [-0.15, -0.1) is 0 Å². The van der Waals surface area contributed by atoms with Crippen LogP contribution in [0, 0.1) is 0 Å². The highest BCUT2D eigenvalue weighted by molar-refractivity contribution is 6.30. The highest BCUT2D eigenvalue weighted by Crippen LogP contribution is 2.17. The topological polar surface area (TPSA) is 204 Å². The molecule has 1 aromatic carbocycles. The van der Waals surface area contributed by atoms with Crippen molar-refractivity contribution in [1.29, 1.82) is 0 Å². The number of hydrogen-bond acceptors (Lipinski definition) is 8. The Kier molecular flexibility index (Phi) is 6.52. The zero-order chi connectivity index (χ0) is 22.4. The summed E-state index contributed by atoms with van der Waals surface area (Å²) in [6.45, 7) is -0.00627. The maximum Gasteiger partial charge on any atom is 0.274 e. The van der Waals surface area contributed by atoms with Crippen molar-refractivity contribution in [2.45, 2.75) is 6.54 Å². The summed E-state index contributed by atoms with van der Waals surface area (Å²) in [5.41, 5.74) is 16.8. The molecule has 12 nitrogen and oxygen atoms in total. The van der Waals surface area contributed by atoms with Crippen LogP contribution in [0.4, 0.5) is 11.5 Å². The Hall–Kier alpha value is -4.32. The number of nitrogens with zero attached hydrogens (tertiary/aromatic N) is 5. The van der Waals surface area contributed by atoms with Gasteiger partial charge < -0.3 is 22.5 Å². The fraction of sp³-hybridized carbons (Fsp3) is 0.0556. The van der Waals surface area contributed by atoms with Gasteiger partial charge in [0.25, 0.3) is 11.8 Å². The van der Waals surface area contributed by atoms with E-state index in [4.69, 9.17) is 28.8 Å². The molecular weight excluding hydrogens is 424 g/mol. The van der Waals surface area contributed by atoms with Crippen molar-refractivity contribution in [3.63, 3.8) is 0 Å². The summed E-state index contributed by atoms with van der Waals surface area (Å²) >= 11 is 5.91. The highest BCUT2D eigenvalue weighted by atomic mass is 35.5. The Morgan fingerprint density at radius 1 is 1.26 bits per heavy atom. The molecule has 0 bridgehead atoms. The number of amides is 2. The molecule has 3 rings (SSSR count). The van der Waals surface area contributed by atoms with E-state index in [0.717, 1.165) is 6.20 Å². The molecule has 0 fully saturated rings. The monoisotopic (exact) mass is 440 g/mol. The summed E-state index contributed by atoms with van der Waals surface area (Å²) in [5.74, 6) is -0.714. The molecule has 8 N–H and O–H groups in total. The number of rotatable bonds is 7. The zero-order valence-corrected chi connectivity index (χ0v) is 16.7. The van der Waals surface area contributed by atoms with Crippen molar-refractivity contribution in [3.8, 4) is 0 Å². The Bertz CT molecular complexity index is 1190. The lowest BCUT2D eigenvalue weighted by molar-refractivity contribution is 0.0945. The van der Waals surface area contributed by atoms with E-state index in [1.165, 1.54) is 6.08 Å². The van der Waals surface area contributed by atoms with Gasteiger partial charge >= 0.3 is 0 Å². The van der Waals surface area contributed by atoms with Crippen LogP contribution in [-0.2, 0) is 6.54 Å². The molecule has 3 aromatic rings. The van der Waals surface area contributed by atoms with E-state index in [1.54, 1.807) is 30.3 Å². The van der Waals surface area contributed by atoms with Crippen molar-refractivity contribution in [3.05, 3.63) is 64.6 Å². The average molecular weight is 441 g/mol. The van der Waals surface area contributed by atoms with Gasteiger partial charge in [-0.2, -0.15) is 5.10 Å². The van der Waals surface area contributed by atoms with Crippen LogP contribution in [0.1, 0.15) is 32.6 Å². The first kappa shape index (κ1) is 21.4. The minimum atomic E-state index is -0.827. The molecule has 0 saturated heterocycles. The second kappa shape index (κ2) is 9.45. The van der Waals surface area contributed by atoms with Crippen molar-refractivity contribution >= 4 is 46.8 Å². The number of nitrogens with one attached hydrogen (secondary N) is 2. The number of amidine groups is 1. The van der Waals surface area contributed by atoms with E-state index >= 15 is 0 Å². The molecule has 0 atom stereocenters. The standard InChI is InChI=1S/C18H17ClN10O2/c19-9-2-1-3-10(6-9)25-12(20)4-5-13-27-14(29-28-13)8-24-18(31)15-16(21)23-7-11(26-15)17(22)30/h1-7H,8H2,(H2,20,25)(H2,21,23)(H2,22,30)(H,24,31)(H,27,28,29)/b5-4-. The highest BCUT2D eigenvalue weighted by Gasteiger charge is 2.16. The van der Waals surface area contributed by atoms with Gasteiger partial charge in [0.15, 0.2) is 17.3 Å². The molecule has 0 aliphatic heterocycles. The molecule has 0 radical (unpaired) electrons. The molecule has 0 unspecified atom stereocenters. The lowest BCUT2D eigenvalue weighted by atomic mass is 10.3. The Morgan fingerprint density at radius 2 is 2.06 bits per heavy atom. The summed E-state index contributed by atoms with van der Waals surface area (Å²) in [6, 6.07) is 6.93. The number of aliphatic imine (C=N–C) groups is 1. The first-order valence-electron chi connectivity index (χ1n) is 8.71. The van der Waals surface area contributed by atoms with Crippen molar-refractivity contribution in [2.24, 2.45) is 16.5 Å². The first-order chi connectivity index (χ1) is 14.8. The predicted octanol–water partition coefficient (Wildman–Crippen LogP) is 0.561. The lowest BCUT2D eigenvalue weighted by Gasteiger charge is -2.05. The number of anilines is 1. The van der Waals surface area contributed by atoms with E-state index in [9.17, 15) is 9.59 Å². The third kappa shape index (κ3) is 5.83. The van der Waals surface area contributed by atoms with Crippen LogP contribution in [0.25, 0.3) is 6.08 Å². The molecule has 31 heavy (non-hydrogen) atoms. The van der Waals surface area contributed by atoms with Crippen molar-refractivity contribution in [2.75, 3.05) is 5.73 Å². The minimum Gasteiger partial charge on any atom is -0.384 e. The van der Waals surface area contributed by atoms with Gasteiger partial charge in [-0.05, 0) is 30.4 Å². The summed E-state index contributed by atoms with van der Waals surface area (Å²) in [6.07, 6.45) is 4.16. The number of primary amides is 1. The molecule has 2 amide bonds. The van der Waals surface area contributed by atoms with Gasteiger partial charge in [-0.1, -0.05) is 17.7 Å². The van der Waals surface area contributed by atoms with E-state index in [2.05, 4.69) is 35.5 Å². The largest absolute Gasteiger partial charge is 0.384 e. The number of aromatic nitrogens is 5. The van der Waals surface area contributed by atoms with Crippen LogP contribution in [0.5, 0.6) is 0 Å². The van der Waals surface area contributed by atoms with Gasteiger partial charge in [-0.3, -0.25) is 14.7 Å². The van der Waals surface area contributed by atoms with Crippen LogP contribution in [0.2, 0.25) is 5.02 Å². The van der Waals surface area contributed by atoms with E-state index in [0.29, 0.717) is 22.4 Å². The van der Waals surface area contributed by atoms with Crippen LogP contribution in [-0.4, -0.2) is 42.8 Å². The number of carbonyl (C=O) groups excluding carboxylic acids is 2. The molecule has 0 spiro atoms. The predicted molar refractivity (Wildman–Crippen MR) is 114 cm³/mol. The van der Waals surface area contributed by atoms with Crippen LogP contribution >= 0.6 is 11.6 Å². The first-order valence-corrected chi connectivity index (χ1v) is 9.09. The van der Waals surface area contributed by atoms with E-state index in [1.807, 2.05) is 0 Å². The second-order valence-corrected chi connectivity index (χ2v) is 6.46. The summed E-state index contributed by atoms with van der Waals surface area (Å²) in [7, 11) is 0. The van der Waals surface area contributed by atoms with Gasteiger partial charge in [-0.25, -0.2) is 19.9 Å². The number of nitrogens with two attached hydrogens (primary N) is 3. The van der Waals surface area contributed by atoms with Crippen LogP contribution in [0.3, 0.4) is 0 Å². The third-order valence-electron chi connectivity index (χ3n) is 3.70. The van der Waals surface area contributed by atoms with Crippen LogP contribution in [0.15, 0.2) is 41.5 Å². The van der Waals surface area contributed by atoms with Crippen LogP contribution < -0.4 is 22.5 Å². The van der Waals surface area contributed by atoms with E-state index in [-0.39, 0.29) is 29.6 Å². The molecule has 0 aliphatic carbocycles. The summed E-state index contributed by atoms with van der Waals surface area (Å²) in [4.78, 5) is 39.4. The van der Waals surface area contributed by atoms with E-state index < -0.39 is 11.8 Å². The lowest BCUT2D eigenvalue weighted by Crippen LogP contribution is -2.27. The third-order valence-corrected chi connectivity index (χ3v) is 3.94. The molecular formula is C18H17ClN10O2. The van der Waals surface area contributed by atoms with Crippen molar-refractivity contribution < 1.29 is 9.59 Å². The van der Waals surface area contributed by atoms with Gasteiger partial charge in [0.05, 0.1) is 18.4 Å². The Labute approximate surface area is 180 Å². The Balaban J connectivity index is 1.61. The Morgan fingerprint density at radius 3 is 2.81 bits per heavy atom. The fourth-order valence-corrected chi connectivity index (χ4v) is 2.47. The maximum absolute atomic E-state index is 12.3. The normalized spacial score (nSPS) is 11.6. The second-order valence-electron chi connectivity index (χ2n) is 6.03. The zero-order valence-electron chi connectivity index (χ0n) is 15.9. The van der Waals surface area contributed by atoms with Gasteiger partial charge in [0.2, 0.25) is 0 Å². The molecule has 2 aromatic heterocycles. The quantitative estimate of drug-likeness (QED) is 0.258. The smallest absolute Gasteiger partial charge is 0.274 e. The summed E-state index contributed by atoms with van der Waals surface area (Å²) in [5, 5.41) is 9.76. The average Bonchev–Trinajstić information content (AvgIpc) is 3.18. The fourth-order valence-electron chi connectivity index (χ4n) is 2.29.